The Labute approximate surface area is 94.2 Å². The average Bonchev–Trinajstić information content (AvgIpc) is 2.15. The Hall–Kier alpha value is -0.310. The number of pyridine rings is 1. The van der Waals surface area contributed by atoms with Crippen LogP contribution in [0.2, 0.25) is 10.3 Å². The fraction of sp³-hybridized carbons (Fsp3) is 0.500. The molecule has 14 heavy (non-hydrogen) atoms. The number of hydrogen-bond acceptors (Lipinski definition) is 2. The molecule has 78 valence electrons. The molecule has 1 aromatic rings. The number of aromatic nitrogens is 1. The van der Waals surface area contributed by atoms with Crippen molar-refractivity contribution in [3.05, 3.63) is 28.0 Å². The Morgan fingerprint density at radius 2 is 2.14 bits per heavy atom. The van der Waals surface area contributed by atoms with Gasteiger partial charge in [0.05, 0.1) is 6.61 Å². The average molecular weight is 234 g/mol. The summed E-state index contributed by atoms with van der Waals surface area (Å²) in [4.78, 5) is 3.92. The van der Waals surface area contributed by atoms with E-state index in [1.807, 2.05) is 6.07 Å². The highest BCUT2D eigenvalue weighted by Crippen LogP contribution is 2.17. The third-order valence-corrected chi connectivity index (χ3v) is 2.33. The van der Waals surface area contributed by atoms with Gasteiger partial charge in [-0.15, -0.1) is 0 Å². The monoisotopic (exact) mass is 233 g/mol. The molecule has 0 aliphatic rings. The third kappa shape index (κ3) is 3.82. The van der Waals surface area contributed by atoms with E-state index in [0.717, 1.165) is 25.0 Å². The van der Waals surface area contributed by atoms with Crippen molar-refractivity contribution in [1.82, 2.24) is 4.98 Å². The van der Waals surface area contributed by atoms with Gasteiger partial charge >= 0.3 is 0 Å². The van der Waals surface area contributed by atoms with E-state index >= 15 is 0 Å². The molecule has 0 fully saturated rings. The second kappa shape index (κ2) is 6.23. The Bertz CT molecular complexity index is 291. The standard InChI is InChI=1S/C10H13Cl2NO/c1-2-3-6-14-7-8-4-5-9(11)13-10(8)12/h4-5H,2-3,6-7H2,1H3. The van der Waals surface area contributed by atoms with E-state index in [1.165, 1.54) is 0 Å². The summed E-state index contributed by atoms with van der Waals surface area (Å²) < 4.78 is 5.41. The zero-order valence-electron chi connectivity index (χ0n) is 8.09. The van der Waals surface area contributed by atoms with Gasteiger partial charge in [-0.25, -0.2) is 4.98 Å². The van der Waals surface area contributed by atoms with Crippen molar-refractivity contribution >= 4 is 23.2 Å². The molecule has 0 saturated carbocycles. The van der Waals surface area contributed by atoms with Gasteiger partial charge < -0.3 is 4.74 Å². The highest BCUT2D eigenvalue weighted by Gasteiger charge is 2.02. The lowest BCUT2D eigenvalue weighted by Gasteiger charge is -2.04. The molecule has 0 bridgehead atoms. The van der Waals surface area contributed by atoms with Crippen molar-refractivity contribution in [2.75, 3.05) is 6.61 Å². The highest BCUT2D eigenvalue weighted by molar-refractivity contribution is 6.32. The van der Waals surface area contributed by atoms with Crippen molar-refractivity contribution < 1.29 is 4.74 Å². The molecule has 0 aliphatic heterocycles. The molecule has 0 atom stereocenters. The maximum Gasteiger partial charge on any atom is 0.136 e. The number of ether oxygens (including phenoxy) is 1. The second-order valence-electron chi connectivity index (χ2n) is 2.99. The Kier molecular flexibility index (Phi) is 5.23. The van der Waals surface area contributed by atoms with E-state index in [-0.39, 0.29) is 0 Å². The van der Waals surface area contributed by atoms with Crippen LogP contribution in [0.15, 0.2) is 12.1 Å². The minimum atomic E-state index is 0.410. The van der Waals surface area contributed by atoms with Crippen LogP contribution >= 0.6 is 23.2 Å². The van der Waals surface area contributed by atoms with Gasteiger partial charge in [0.25, 0.3) is 0 Å². The van der Waals surface area contributed by atoms with E-state index in [1.54, 1.807) is 6.07 Å². The first-order chi connectivity index (χ1) is 6.74. The molecular weight excluding hydrogens is 221 g/mol. The predicted molar refractivity (Wildman–Crippen MR) is 58.8 cm³/mol. The third-order valence-electron chi connectivity index (χ3n) is 1.79. The number of halogens is 2. The fourth-order valence-electron chi connectivity index (χ4n) is 0.977. The quantitative estimate of drug-likeness (QED) is 0.572. The van der Waals surface area contributed by atoms with Gasteiger partial charge in [0, 0.05) is 12.2 Å². The first-order valence-corrected chi connectivity index (χ1v) is 5.38. The van der Waals surface area contributed by atoms with Crippen LogP contribution < -0.4 is 0 Å². The van der Waals surface area contributed by atoms with Gasteiger partial charge in [-0.05, 0) is 12.5 Å². The zero-order chi connectivity index (χ0) is 10.4. The minimum Gasteiger partial charge on any atom is -0.377 e. The van der Waals surface area contributed by atoms with E-state index in [9.17, 15) is 0 Å². The lowest BCUT2D eigenvalue weighted by atomic mass is 10.3. The first-order valence-electron chi connectivity index (χ1n) is 4.62. The summed E-state index contributed by atoms with van der Waals surface area (Å²) in [7, 11) is 0. The molecule has 0 N–H and O–H groups in total. The number of nitrogens with zero attached hydrogens (tertiary/aromatic N) is 1. The number of rotatable bonds is 5. The molecule has 1 rings (SSSR count). The molecule has 1 aromatic heterocycles. The van der Waals surface area contributed by atoms with Gasteiger partial charge in [0.2, 0.25) is 0 Å². The number of unbranched alkanes of at least 4 members (excludes halogenated alkanes) is 1. The van der Waals surface area contributed by atoms with E-state index in [2.05, 4.69) is 11.9 Å². The van der Waals surface area contributed by atoms with Crippen LogP contribution in [0.1, 0.15) is 25.3 Å². The van der Waals surface area contributed by atoms with E-state index < -0.39 is 0 Å². The van der Waals surface area contributed by atoms with Gasteiger partial charge in [-0.2, -0.15) is 0 Å². The molecular formula is C10H13Cl2NO. The van der Waals surface area contributed by atoms with Crippen LogP contribution in [0.25, 0.3) is 0 Å². The summed E-state index contributed by atoms with van der Waals surface area (Å²) >= 11 is 11.5. The first kappa shape index (κ1) is 11.8. The summed E-state index contributed by atoms with van der Waals surface area (Å²) in [5, 5.41) is 0.835. The summed E-state index contributed by atoms with van der Waals surface area (Å²) in [5.41, 5.74) is 0.882. The predicted octanol–water partition coefficient (Wildman–Crippen LogP) is 3.71. The topological polar surface area (TPSA) is 22.1 Å². The minimum absolute atomic E-state index is 0.410. The summed E-state index contributed by atoms with van der Waals surface area (Å²) in [6, 6.07) is 3.55. The molecule has 4 heteroatoms. The number of hydrogen-bond donors (Lipinski definition) is 0. The maximum absolute atomic E-state index is 5.87. The van der Waals surface area contributed by atoms with Crippen molar-refractivity contribution in [1.29, 1.82) is 0 Å². The molecule has 0 aromatic carbocycles. The van der Waals surface area contributed by atoms with E-state index in [4.69, 9.17) is 27.9 Å². The van der Waals surface area contributed by atoms with Crippen molar-refractivity contribution in [3.63, 3.8) is 0 Å². The Balaban J connectivity index is 2.42. The molecule has 2 nitrogen and oxygen atoms in total. The molecule has 0 spiro atoms. The summed E-state index contributed by atoms with van der Waals surface area (Å²) in [6.45, 7) is 3.39. The SMILES string of the molecule is CCCCOCc1ccc(Cl)nc1Cl. The summed E-state index contributed by atoms with van der Waals surface area (Å²) in [5.74, 6) is 0. The van der Waals surface area contributed by atoms with Crippen molar-refractivity contribution in [2.45, 2.75) is 26.4 Å². The van der Waals surface area contributed by atoms with Crippen LogP contribution in [-0.4, -0.2) is 11.6 Å². The lowest BCUT2D eigenvalue weighted by molar-refractivity contribution is 0.118. The van der Waals surface area contributed by atoms with Crippen molar-refractivity contribution in [3.8, 4) is 0 Å². The summed E-state index contributed by atoms with van der Waals surface area (Å²) in [6.07, 6.45) is 2.20. The van der Waals surface area contributed by atoms with Crippen LogP contribution in [0.4, 0.5) is 0 Å². The van der Waals surface area contributed by atoms with Crippen molar-refractivity contribution in [2.24, 2.45) is 0 Å². The van der Waals surface area contributed by atoms with Gasteiger partial charge in [0.15, 0.2) is 0 Å². The molecule has 0 unspecified atom stereocenters. The highest BCUT2D eigenvalue weighted by atomic mass is 35.5. The Morgan fingerprint density at radius 1 is 1.36 bits per heavy atom. The lowest BCUT2D eigenvalue weighted by Crippen LogP contribution is -1.96. The second-order valence-corrected chi connectivity index (χ2v) is 3.74. The normalized spacial score (nSPS) is 10.5. The van der Waals surface area contributed by atoms with Crippen LogP contribution in [0.3, 0.4) is 0 Å². The van der Waals surface area contributed by atoms with Crippen LogP contribution in [0.5, 0.6) is 0 Å². The fourth-order valence-corrected chi connectivity index (χ4v) is 1.38. The molecule has 0 radical (unpaired) electrons. The molecule has 0 saturated heterocycles. The van der Waals surface area contributed by atoms with Gasteiger partial charge in [0.1, 0.15) is 10.3 Å². The van der Waals surface area contributed by atoms with Crippen LogP contribution in [-0.2, 0) is 11.3 Å². The van der Waals surface area contributed by atoms with Crippen LogP contribution in [0, 0.1) is 0 Å². The van der Waals surface area contributed by atoms with Gasteiger partial charge in [-0.3, -0.25) is 0 Å². The largest absolute Gasteiger partial charge is 0.377 e. The zero-order valence-corrected chi connectivity index (χ0v) is 9.61. The molecule has 0 amide bonds. The maximum atomic E-state index is 5.87. The molecule has 0 aliphatic carbocycles. The molecule has 1 heterocycles. The Morgan fingerprint density at radius 3 is 2.79 bits per heavy atom. The van der Waals surface area contributed by atoms with Gasteiger partial charge in [-0.1, -0.05) is 42.6 Å². The van der Waals surface area contributed by atoms with E-state index in [0.29, 0.717) is 16.9 Å². The smallest absolute Gasteiger partial charge is 0.136 e.